The summed E-state index contributed by atoms with van der Waals surface area (Å²) in [5.74, 6) is 1.25. The molecule has 4 aromatic rings. The molecular formula is C17H15N7O. The third-order valence-electron chi connectivity index (χ3n) is 3.71. The van der Waals surface area contributed by atoms with Gasteiger partial charge in [-0.15, -0.1) is 5.10 Å². The van der Waals surface area contributed by atoms with Crippen molar-refractivity contribution in [2.75, 3.05) is 11.5 Å². The van der Waals surface area contributed by atoms with E-state index < -0.39 is 0 Å². The molecule has 0 radical (unpaired) electrons. The number of furan rings is 1. The second kappa shape index (κ2) is 6.08. The summed E-state index contributed by atoms with van der Waals surface area (Å²) in [5, 5.41) is 8.31. The highest BCUT2D eigenvalue weighted by Gasteiger charge is 2.11. The fourth-order valence-corrected chi connectivity index (χ4v) is 2.50. The lowest BCUT2D eigenvalue weighted by Gasteiger charge is -2.03. The van der Waals surface area contributed by atoms with E-state index in [1.807, 2.05) is 24.3 Å². The van der Waals surface area contributed by atoms with Gasteiger partial charge in [-0.05, 0) is 23.8 Å². The van der Waals surface area contributed by atoms with Crippen LogP contribution in [0.5, 0.6) is 0 Å². The summed E-state index contributed by atoms with van der Waals surface area (Å²) < 4.78 is 6.91. The standard InChI is InChI=1S/C17H15N7O/c18-13-5-2-1-4-11(13)8-12-10-24(23-22-12)16-9-14(20-17(19)21-16)15-6-3-7-25-15/h1-7,9-10H,8,18H2,(H2,19,20,21). The first-order valence-electron chi connectivity index (χ1n) is 7.62. The Morgan fingerprint density at radius 2 is 1.92 bits per heavy atom. The van der Waals surface area contributed by atoms with Gasteiger partial charge in [-0.3, -0.25) is 0 Å². The molecule has 0 amide bonds. The lowest BCUT2D eigenvalue weighted by Crippen LogP contribution is -2.04. The van der Waals surface area contributed by atoms with E-state index in [4.69, 9.17) is 15.9 Å². The number of benzene rings is 1. The molecule has 0 saturated heterocycles. The number of aromatic nitrogens is 5. The maximum atomic E-state index is 5.98. The molecule has 0 bridgehead atoms. The summed E-state index contributed by atoms with van der Waals surface area (Å²) >= 11 is 0. The van der Waals surface area contributed by atoms with Crippen LogP contribution in [0, 0.1) is 0 Å². The number of nitrogen functional groups attached to an aromatic ring is 2. The van der Waals surface area contributed by atoms with Crippen LogP contribution >= 0.6 is 0 Å². The Labute approximate surface area is 143 Å². The lowest BCUT2D eigenvalue weighted by atomic mass is 10.1. The van der Waals surface area contributed by atoms with Gasteiger partial charge in [-0.2, -0.15) is 4.98 Å². The van der Waals surface area contributed by atoms with Crippen LogP contribution in [0.2, 0.25) is 0 Å². The molecule has 1 aromatic carbocycles. The summed E-state index contributed by atoms with van der Waals surface area (Å²) in [7, 11) is 0. The zero-order valence-electron chi connectivity index (χ0n) is 13.2. The van der Waals surface area contributed by atoms with Crippen LogP contribution in [0.25, 0.3) is 17.3 Å². The van der Waals surface area contributed by atoms with E-state index in [0.29, 0.717) is 23.7 Å². The van der Waals surface area contributed by atoms with Crippen molar-refractivity contribution in [3.8, 4) is 17.3 Å². The molecule has 8 nitrogen and oxygen atoms in total. The Hall–Kier alpha value is -3.68. The number of para-hydroxylation sites is 1. The zero-order chi connectivity index (χ0) is 17.2. The van der Waals surface area contributed by atoms with E-state index in [-0.39, 0.29) is 5.95 Å². The molecule has 4 N–H and O–H groups in total. The minimum Gasteiger partial charge on any atom is -0.463 e. The molecule has 0 unspecified atom stereocenters. The third-order valence-corrected chi connectivity index (χ3v) is 3.71. The Bertz CT molecular complexity index is 1010. The maximum absolute atomic E-state index is 5.98. The first kappa shape index (κ1) is 14.9. The van der Waals surface area contributed by atoms with Crippen molar-refractivity contribution in [1.29, 1.82) is 0 Å². The Morgan fingerprint density at radius 1 is 1.04 bits per heavy atom. The topological polar surface area (TPSA) is 122 Å². The zero-order valence-corrected chi connectivity index (χ0v) is 13.2. The van der Waals surface area contributed by atoms with Crippen molar-refractivity contribution in [2.45, 2.75) is 6.42 Å². The molecular weight excluding hydrogens is 318 g/mol. The quantitative estimate of drug-likeness (QED) is 0.548. The Kier molecular flexibility index (Phi) is 3.62. The number of hydrogen-bond donors (Lipinski definition) is 2. The average Bonchev–Trinajstić information content (AvgIpc) is 3.28. The molecule has 0 aliphatic heterocycles. The molecule has 0 atom stereocenters. The molecule has 124 valence electrons. The van der Waals surface area contributed by atoms with Gasteiger partial charge in [0.15, 0.2) is 11.6 Å². The largest absolute Gasteiger partial charge is 0.463 e. The van der Waals surface area contributed by atoms with Crippen molar-refractivity contribution in [3.05, 3.63) is 66.2 Å². The number of rotatable bonds is 4. The van der Waals surface area contributed by atoms with Crippen molar-refractivity contribution >= 4 is 11.6 Å². The summed E-state index contributed by atoms with van der Waals surface area (Å²) in [6.45, 7) is 0. The molecule has 0 fully saturated rings. The molecule has 25 heavy (non-hydrogen) atoms. The number of hydrogen-bond acceptors (Lipinski definition) is 7. The molecule has 0 spiro atoms. The van der Waals surface area contributed by atoms with Gasteiger partial charge in [-0.25, -0.2) is 9.67 Å². The summed E-state index contributed by atoms with van der Waals surface area (Å²) in [4.78, 5) is 8.40. The third kappa shape index (κ3) is 3.05. The predicted molar refractivity (Wildman–Crippen MR) is 92.7 cm³/mol. The van der Waals surface area contributed by atoms with Crippen LogP contribution in [0.3, 0.4) is 0 Å². The normalized spacial score (nSPS) is 10.9. The summed E-state index contributed by atoms with van der Waals surface area (Å²) in [5.41, 5.74) is 14.9. The fraction of sp³-hybridized carbons (Fsp3) is 0.0588. The van der Waals surface area contributed by atoms with E-state index in [0.717, 1.165) is 16.9 Å². The summed E-state index contributed by atoms with van der Waals surface area (Å²) in [6.07, 6.45) is 3.95. The van der Waals surface area contributed by atoms with Crippen LogP contribution in [-0.2, 0) is 6.42 Å². The smallest absolute Gasteiger partial charge is 0.222 e. The molecule has 8 heteroatoms. The van der Waals surface area contributed by atoms with Gasteiger partial charge in [0.25, 0.3) is 0 Å². The molecule has 3 heterocycles. The first-order valence-corrected chi connectivity index (χ1v) is 7.62. The lowest BCUT2D eigenvalue weighted by molar-refractivity contribution is 0.579. The van der Waals surface area contributed by atoms with Gasteiger partial charge in [-0.1, -0.05) is 23.4 Å². The fourth-order valence-electron chi connectivity index (χ4n) is 2.50. The van der Waals surface area contributed by atoms with Crippen LogP contribution in [0.1, 0.15) is 11.3 Å². The van der Waals surface area contributed by atoms with E-state index >= 15 is 0 Å². The first-order chi connectivity index (χ1) is 12.2. The number of anilines is 2. The summed E-state index contributed by atoms with van der Waals surface area (Å²) in [6, 6.07) is 13.0. The monoisotopic (exact) mass is 333 g/mol. The molecule has 0 aliphatic carbocycles. The second-order valence-electron chi connectivity index (χ2n) is 5.48. The van der Waals surface area contributed by atoms with Crippen LogP contribution < -0.4 is 11.5 Å². The van der Waals surface area contributed by atoms with E-state index in [9.17, 15) is 0 Å². The highest BCUT2D eigenvalue weighted by Crippen LogP contribution is 2.21. The van der Waals surface area contributed by atoms with Crippen LogP contribution in [-0.4, -0.2) is 25.0 Å². The van der Waals surface area contributed by atoms with E-state index in [1.165, 1.54) is 0 Å². The average molecular weight is 333 g/mol. The SMILES string of the molecule is Nc1nc(-c2ccco2)cc(-n2cc(Cc3ccccc3N)nn2)n1. The predicted octanol–water partition coefficient (Wildman–Crippen LogP) is 2.07. The van der Waals surface area contributed by atoms with Crippen molar-refractivity contribution in [3.63, 3.8) is 0 Å². The number of nitrogens with zero attached hydrogens (tertiary/aromatic N) is 5. The van der Waals surface area contributed by atoms with Crippen LogP contribution in [0.4, 0.5) is 11.6 Å². The van der Waals surface area contributed by atoms with Gasteiger partial charge < -0.3 is 15.9 Å². The Balaban J connectivity index is 1.65. The Morgan fingerprint density at radius 3 is 2.72 bits per heavy atom. The van der Waals surface area contributed by atoms with E-state index in [1.54, 1.807) is 35.3 Å². The van der Waals surface area contributed by atoms with Crippen LogP contribution in [0.15, 0.2) is 59.3 Å². The molecule has 3 aromatic heterocycles. The number of nitrogens with two attached hydrogens (primary N) is 2. The van der Waals surface area contributed by atoms with Gasteiger partial charge in [0.05, 0.1) is 18.2 Å². The van der Waals surface area contributed by atoms with Gasteiger partial charge >= 0.3 is 0 Å². The molecule has 0 saturated carbocycles. The van der Waals surface area contributed by atoms with Crippen molar-refractivity contribution < 1.29 is 4.42 Å². The van der Waals surface area contributed by atoms with Crippen molar-refractivity contribution in [1.82, 2.24) is 25.0 Å². The van der Waals surface area contributed by atoms with Gasteiger partial charge in [0.1, 0.15) is 5.69 Å². The molecule has 0 aliphatic rings. The highest BCUT2D eigenvalue weighted by molar-refractivity contribution is 5.56. The van der Waals surface area contributed by atoms with Gasteiger partial charge in [0, 0.05) is 18.2 Å². The maximum Gasteiger partial charge on any atom is 0.222 e. The molecule has 4 rings (SSSR count). The minimum atomic E-state index is 0.133. The van der Waals surface area contributed by atoms with E-state index in [2.05, 4.69) is 20.3 Å². The van der Waals surface area contributed by atoms with Crippen molar-refractivity contribution in [2.24, 2.45) is 0 Å². The van der Waals surface area contributed by atoms with Gasteiger partial charge in [0.2, 0.25) is 5.95 Å². The highest BCUT2D eigenvalue weighted by atomic mass is 16.3. The minimum absolute atomic E-state index is 0.133. The second-order valence-corrected chi connectivity index (χ2v) is 5.48.